The Kier molecular flexibility index (Phi) is 2.81. The normalized spacial score (nSPS) is 17.7. The summed E-state index contributed by atoms with van der Waals surface area (Å²) in [7, 11) is 0. The van der Waals surface area contributed by atoms with Crippen LogP contribution in [-0.4, -0.2) is 31.7 Å². The maximum atomic E-state index is 11.9. The number of carbonyl (C=O) groups is 1. The Labute approximate surface area is 107 Å². The van der Waals surface area contributed by atoms with Gasteiger partial charge in [-0.25, -0.2) is 4.68 Å². The van der Waals surface area contributed by atoms with Crippen molar-refractivity contribution >= 4 is 28.5 Å². The van der Waals surface area contributed by atoms with Crippen molar-refractivity contribution in [1.29, 1.82) is 0 Å². The summed E-state index contributed by atoms with van der Waals surface area (Å²) in [5.74, 6) is 0.425. The highest BCUT2D eigenvalue weighted by Crippen LogP contribution is 2.26. The van der Waals surface area contributed by atoms with Gasteiger partial charge < -0.3 is 0 Å². The molecular formula is C11H9N5OS. The van der Waals surface area contributed by atoms with E-state index >= 15 is 0 Å². The molecule has 1 aromatic heterocycles. The van der Waals surface area contributed by atoms with Gasteiger partial charge >= 0.3 is 0 Å². The number of para-hydroxylation sites is 1. The quantitative estimate of drug-likeness (QED) is 0.812. The van der Waals surface area contributed by atoms with E-state index in [0.717, 1.165) is 5.69 Å². The molecule has 3 rings (SSSR count). The Balaban J connectivity index is 1.98. The van der Waals surface area contributed by atoms with Crippen LogP contribution in [0.3, 0.4) is 0 Å². The molecule has 1 fully saturated rings. The molecular weight excluding hydrogens is 250 g/mol. The highest BCUT2D eigenvalue weighted by atomic mass is 32.2. The molecule has 6 nitrogen and oxygen atoms in total. The summed E-state index contributed by atoms with van der Waals surface area (Å²) in [6.45, 7) is 0. The summed E-state index contributed by atoms with van der Waals surface area (Å²) >= 11 is 1.40. The van der Waals surface area contributed by atoms with Crippen molar-refractivity contribution in [3.05, 3.63) is 43.0 Å². The van der Waals surface area contributed by atoms with Crippen LogP contribution >= 0.6 is 11.8 Å². The fourth-order valence-electron chi connectivity index (χ4n) is 1.61. The molecule has 2 heterocycles. The highest BCUT2D eigenvalue weighted by Gasteiger charge is 2.29. The average Bonchev–Trinajstić information content (AvgIpc) is 3.02. The molecule has 0 bridgehead atoms. The SMILES string of the molecule is O=C1CS/C(=N/n2cnnc2)N1c1ccccc1. The van der Waals surface area contributed by atoms with E-state index in [9.17, 15) is 4.79 Å². The number of carbonyl (C=O) groups excluding carboxylic acids is 1. The Hall–Kier alpha value is -2.15. The van der Waals surface area contributed by atoms with Crippen LogP contribution in [0.25, 0.3) is 0 Å². The summed E-state index contributed by atoms with van der Waals surface area (Å²) in [5.41, 5.74) is 0.819. The van der Waals surface area contributed by atoms with Crippen molar-refractivity contribution in [2.75, 3.05) is 10.7 Å². The molecule has 0 N–H and O–H groups in total. The number of thioether (sulfide) groups is 1. The van der Waals surface area contributed by atoms with Crippen molar-refractivity contribution in [3.8, 4) is 0 Å². The third-order valence-corrected chi connectivity index (χ3v) is 3.30. The Morgan fingerprint density at radius 3 is 2.61 bits per heavy atom. The van der Waals surface area contributed by atoms with Crippen LogP contribution < -0.4 is 4.90 Å². The van der Waals surface area contributed by atoms with Crippen molar-refractivity contribution in [2.24, 2.45) is 5.10 Å². The van der Waals surface area contributed by atoms with Gasteiger partial charge in [-0.2, -0.15) is 0 Å². The molecule has 1 saturated heterocycles. The van der Waals surface area contributed by atoms with Crippen LogP contribution in [-0.2, 0) is 4.79 Å². The zero-order valence-corrected chi connectivity index (χ0v) is 10.1. The molecule has 0 atom stereocenters. The van der Waals surface area contributed by atoms with Gasteiger partial charge in [0, 0.05) is 0 Å². The third-order valence-electron chi connectivity index (χ3n) is 2.39. The predicted octanol–water partition coefficient (Wildman–Crippen LogP) is 1.18. The van der Waals surface area contributed by atoms with Gasteiger partial charge in [0.15, 0.2) is 5.17 Å². The fourth-order valence-corrected chi connectivity index (χ4v) is 2.48. The lowest BCUT2D eigenvalue weighted by atomic mass is 10.3. The number of anilines is 1. The topological polar surface area (TPSA) is 63.4 Å². The second kappa shape index (κ2) is 4.61. The van der Waals surface area contributed by atoms with Crippen LogP contribution in [0.4, 0.5) is 5.69 Å². The molecule has 1 aromatic carbocycles. The van der Waals surface area contributed by atoms with E-state index in [1.54, 1.807) is 4.90 Å². The molecule has 0 aliphatic carbocycles. The maximum Gasteiger partial charge on any atom is 0.243 e. The third kappa shape index (κ3) is 2.00. The van der Waals surface area contributed by atoms with Gasteiger partial charge in [-0.1, -0.05) is 30.0 Å². The zero-order valence-electron chi connectivity index (χ0n) is 9.30. The van der Waals surface area contributed by atoms with Crippen molar-refractivity contribution in [3.63, 3.8) is 0 Å². The van der Waals surface area contributed by atoms with Gasteiger partial charge in [-0.15, -0.1) is 15.3 Å². The van der Waals surface area contributed by atoms with Gasteiger partial charge in [0.1, 0.15) is 12.7 Å². The summed E-state index contributed by atoms with van der Waals surface area (Å²) in [6, 6.07) is 9.45. The number of aromatic nitrogens is 3. The minimum absolute atomic E-state index is 0.0259. The second-order valence-corrected chi connectivity index (χ2v) is 4.52. The lowest BCUT2D eigenvalue weighted by molar-refractivity contribution is -0.115. The van der Waals surface area contributed by atoms with Crippen LogP contribution in [0.5, 0.6) is 0 Å². The summed E-state index contributed by atoms with van der Waals surface area (Å²) < 4.78 is 1.48. The van der Waals surface area contributed by atoms with Crippen molar-refractivity contribution in [2.45, 2.75) is 0 Å². The molecule has 1 aliphatic rings. The van der Waals surface area contributed by atoms with E-state index in [0.29, 0.717) is 10.9 Å². The molecule has 2 aromatic rings. The Morgan fingerprint density at radius 2 is 1.89 bits per heavy atom. The minimum Gasteiger partial charge on any atom is -0.273 e. The molecule has 1 aliphatic heterocycles. The van der Waals surface area contributed by atoms with E-state index in [4.69, 9.17) is 0 Å². The lowest BCUT2D eigenvalue weighted by Gasteiger charge is -2.15. The van der Waals surface area contributed by atoms with Gasteiger partial charge in [-0.05, 0) is 12.1 Å². The van der Waals surface area contributed by atoms with E-state index in [2.05, 4.69) is 15.3 Å². The van der Waals surface area contributed by atoms with Gasteiger partial charge in [0.2, 0.25) is 5.91 Å². The number of hydrogen-bond donors (Lipinski definition) is 0. The molecule has 90 valence electrons. The number of benzene rings is 1. The molecule has 0 radical (unpaired) electrons. The van der Waals surface area contributed by atoms with E-state index in [1.807, 2.05) is 30.3 Å². The number of hydrogen-bond acceptors (Lipinski definition) is 5. The molecule has 1 amide bonds. The number of rotatable bonds is 2. The molecule has 0 spiro atoms. The van der Waals surface area contributed by atoms with Crippen molar-refractivity contribution in [1.82, 2.24) is 14.9 Å². The Bertz CT molecular complexity index is 581. The fraction of sp³-hybridized carbons (Fsp3) is 0.0909. The second-order valence-electron chi connectivity index (χ2n) is 3.58. The van der Waals surface area contributed by atoms with E-state index in [1.165, 1.54) is 29.1 Å². The molecule has 18 heavy (non-hydrogen) atoms. The summed E-state index contributed by atoms with van der Waals surface area (Å²) in [4.78, 5) is 13.5. The van der Waals surface area contributed by atoms with E-state index < -0.39 is 0 Å². The number of amidine groups is 1. The van der Waals surface area contributed by atoms with Gasteiger partial charge in [0.25, 0.3) is 0 Å². The molecule has 0 saturated carbocycles. The first-order chi connectivity index (χ1) is 8.84. The van der Waals surface area contributed by atoms with Crippen LogP contribution in [0.1, 0.15) is 0 Å². The Morgan fingerprint density at radius 1 is 1.17 bits per heavy atom. The maximum absolute atomic E-state index is 11.9. The molecule has 7 heteroatoms. The number of amides is 1. The van der Waals surface area contributed by atoms with E-state index in [-0.39, 0.29) is 5.91 Å². The highest BCUT2D eigenvalue weighted by molar-refractivity contribution is 8.15. The average molecular weight is 259 g/mol. The zero-order chi connectivity index (χ0) is 12.4. The lowest BCUT2D eigenvalue weighted by Crippen LogP contribution is -2.29. The predicted molar refractivity (Wildman–Crippen MR) is 69.2 cm³/mol. The van der Waals surface area contributed by atoms with Gasteiger partial charge in [0.05, 0.1) is 11.4 Å². The first kappa shape index (κ1) is 11.0. The van der Waals surface area contributed by atoms with Crippen LogP contribution in [0.15, 0.2) is 48.1 Å². The summed E-state index contributed by atoms with van der Waals surface area (Å²) in [6.07, 6.45) is 2.97. The standard InChI is InChI=1S/C11H9N5OS/c17-10-6-18-11(14-15-7-12-13-8-15)16(10)9-4-2-1-3-5-9/h1-5,7-8H,6H2/b14-11+. The van der Waals surface area contributed by atoms with Gasteiger partial charge in [-0.3, -0.25) is 9.69 Å². The molecule has 0 unspecified atom stereocenters. The van der Waals surface area contributed by atoms with Crippen molar-refractivity contribution < 1.29 is 4.79 Å². The van der Waals surface area contributed by atoms with Crippen LogP contribution in [0, 0.1) is 0 Å². The monoisotopic (exact) mass is 259 g/mol. The largest absolute Gasteiger partial charge is 0.273 e. The first-order valence-electron chi connectivity index (χ1n) is 5.29. The smallest absolute Gasteiger partial charge is 0.243 e. The first-order valence-corrected chi connectivity index (χ1v) is 6.27. The minimum atomic E-state index is 0.0259. The van der Waals surface area contributed by atoms with Crippen LogP contribution in [0.2, 0.25) is 0 Å². The summed E-state index contributed by atoms with van der Waals surface area (Å²) in [5, 5.41) is 12.3. The number of nitrogens with zero attached hydrogens (tertiary/aromatic N) is 5.